The van der Waals surface area contributed by atoms with Crippen LogP contribution >= 0.6 is 20.1 Å². The van der Waals surface area contributed by atoms with Crippen molar-refractivity contribution in [2.75, 3.05) is 38.2 Å². The van der Waals surface area contributed by atoms with Gasteiger partial charge in [0.15, 0.2) is 0 Å². The second-order valence-electron chi connectivity index (χ2n) is 37.4. The van der Waals surface area contributed by atoms with Crippen LogP contribution in [0.1, 0.15) is 117 Å². The van der Waals surface area contributed by atoms with Gasteiger partial charge in [-0.3, -0.25) is 0 Å². The predicted octanol–water partition coefficient (Wildman–Crippen LogP) is 25.8. The standard InChI is InChI=1S/C102H114F2N2O4S2Si2/c1-67-53-71(103)59-87(85-55-69(101(9,10)65-99(3,4)5)57-93(95(85)107)105-89-61-75(111(13,14)73-35-25-21-26-36-73)43-47-81(89)83-49-45-79(63-91(83)105)113(17,18)77-39-29-23-30-40-77)97(67)109-51-33-34-52-110-98-68(2)54-72(104)60-88(98)86-56-70(102(11,12)66-100(6,7)8)58-94(96(86)108)106-90-62-76(112(15,16)74-37-27-22-28-38-74)44-48-82(90)84-50-46-80(64-92(84)106)114(19,20)78-41-31-24-32-42-78/h21-32,35-50,53-64,107-108H,33-34,51-52,65-66H2,1-20H3. The molecule has 0 atom stereocenters. The summed E-state index contributed by atoms with van der Waals surface area (Å²) < 4.78 is 51.8. The molecule has 0 aliphatic carbocycles. The van der Waals surface area contributed by atoms with E-state index < -0.39 is 58.7 Å². The van der Waals surface area contributed by atoms with Gasteiger partial charge in [0.25, 0.3) is 0 Å². The van der Waals surface area contributed by atoms with Gasteiger partial charge in [-0.1, -0.05) is 250 Å². The summed E-state index contributed by atoms with van der Waals surface area (Å²) in [5, 5.41) is 36.8. The summed E-state index contributed by atoms with van der Waals surface area (Å²) in [4.78, 5) is 4.98. The molecular weight excluding hydrogens is 1480 g/mol. The van der Waals surface area contributed by atoms with Crippen LogP contribution in [0.15, 0.2) is 262 Å². The van der Waals surface area contributed by atoms with Crippen molar-refractivity contribution in [3.05, 3.63) is 277 Å². The van der Waals surface area contributed by atoms with E-state index >= 15 is 8.78 Å². The van der Waals surface area contributed by atoms with Crippen LogP contribution in [0.2, 0.25) is 26.2 Å². The molecule has 0 amide bonds. The zero-order valence-electron chi connectivity index (χ0n) is 70.5. The van der Waals surface area contributed by atoms with Crippen molar-refractivity contribution in [3.63, 3.8) is 0 Å². The molecule has 590 valence electrons. The Bertz CT molecular complexity index is 5390. The summed E-state index contributed by atoms with van der Waals surface area (Å²) in [5.74, 6) is 0.137. The monoisotopic (exact) mass is 1590 g/mol. The van der Waals surface area contributed by atoms with Crippen LogP contribution in [0.4, 0.5) is 8.78 Å². The minimum Gasteiger partial charge on any atom is -0.505 e. The van der Waals surface area contributed by atoms with Gasteiger partial charge < -0.3 is 28.8 Å². The summed E-state index contributed by atoms with van der Waals surface area (Å²) in [7, 11) is -7.61. The van der Waals surface area contributed by atoms with E-state index in [1.165, 1.54) is 64.6 Å². The third-order valence-corrected chi connectivity index (χ3v) is 36.8. The first-order valence-electron chi connectivity index (χ1n) is 40.2. The largest absolute Gasteiger partial charge is 0.505 e. The third kappa shape index (κ3) is 15.7. The fraction of sp³-hybridized carbons (Fsp3) is 0.294. The van der Waals surface area contributed by atoms with E-state index in [0.717, 1.165) is 67.6 Å². The van der Waals surface area contributed by atoms with E-state index in [4.69, 9.17) is 9.47 Å². The van der Waals surface area contributed by atoms with Gasteiger partial charge in [-0.05, 0) is 237 Å². The molecule has 2 aromatic heterocycles. The lowest BCUT2D eigenvalue weighted by molar-refractivity contribution is 0.265. The van der Waals surface area contributed by atoms with Gasteiger partial charge in [0.05, 0.1) is 46.7 Å². The number of aromatic hydroxyl groups is 2. The maximum absolute atomic E-state index is 16.6. The normalized spacial score (nSPS) is 13.2. The molecule has 0 spiro atoms. The minimum absolute atomic E-state index is 0.0239. The highest BCUT2D eigenvalue weighted by Gasteiger charge is 2.36. The van der Waals surface area contributed by atoms with Crippen LogP contribution < -0.4 is 30.2 Å². The molecule has 114 heavy (non-hydrogen) atoms. The Balaban J connectivity index is 0.847. The number of hydrogen-bond acceptors (Lipinski definition) is 4. The van der Waals surface area contributed by atoms with E-state index in [1.807, 2.05) is 13.8 Å². The Kier molecular flexibility index (Phi) is 21.7. The minimum atomic E-state index is -2.28. The van der Waals surface area contributed by atoms with Gasteiger partial charge in [-0.2, -0.15) is 20.1 Å². The van der Waals surface area contributed by atoms with Gasteiger partial charge in [-0.25, -0.2) is 8.78 Å². The SMILES string of the molecule is Cc1cc(F)cc(-c2cc(C(C)(C)CC(C)(C)C)cc(-n3c4cc([Si](C)(C)c5ccccc5)ccc4c4ccc(S(C)(C)c5ccccc5)cc43)c2O)c1OCCCCOc1c(C)cc(F)cc1-c1cc(C(C)(C)CC(C)(C)C)cc(-n2c3cc([Si](C)(C)c4ccccc4)ccc3c3ccc(S(C)(C)c4ccccc4)cc32)c1O. The fourth-order valence-electron chi connectivity index (χ4n) is 18.2. The van der Waals surface area contributed by atoms with Crippen molar-refractivity contribution in [1.29, 1.82) is 0 Å². The molecule has 0 aliphatic rings. The zero-order chi connectivity index (χ0) is 81.6. The molecular formula is C102H114F2N2O4S2Si2. The maximum Gasteiger partial charge on any atom is 0.147 e. The molecule has 14 rings (SSSR count). The summed E-state index contributed by atoms with van der Waals surface area (Å²) in [5.41, 5.74) is 9.24. The van der Waals surface area contributed by atoms with Crippen LogP contribution in [0.25, 0.3) is 77.2 Å². The Hall–Kier alpha value is -9.57. The summed E-state index contributed by atoms with van der Waals surface area (Å²) in [6, 6.07) is 85.5. The highest BCUT2D eigenvalue weighted by Crippen LogP contribution is 2.60. The summed E-state index contributed by atoms with van der Waals surface area (Å²) >= 11 is 0. The van der Waals surface area contributed by atoms with Crippen molar-refractivity contribution in [1.82, 2.24) is 9.13 Å². The van der Waals surface area contributed by atoms with Crippen LogP contribution in [0, 0.1) is 36.3 Å². The van der Waals surface area contributed by atoms with E-state index in [2.05, 4.69) is 348 Å². The second-order valence-corrected chi connectivity index (χ2v) is 53.4. The number of rotatable bonds is 23. The molecule has 0 fully saturated rings. The molecule has 12 heteroatoms. The van der Waals surface area contributed by atoms with Crippen molar-refractivity contribution in [2.45, 2.75) is 165 Å². The van der Waals surface area contributed by atoms with Crippen LogP contribution in [0.5, 0.6) is 23.0 Å². The molecule has 0 bridgehead atoms. The number of ether oxygens (including phenoxy) is 2. The number of aromatic nitrogens is 2. The molecule has 0 saturated heterocycles. The van der Waals surface area contributed by atoms with Crippen molar-refractivity contribution in [2.24, 2.45) is 10.8 Å². The van der Waals surface area contributed by atoms with Gasteiger partial charge in [0.2, 0.25) is 0 Å². The summed E-state index contributed by atoms with van der Waals surface area (Å²) in [6.45, 7) is 36.6. The maximum atomic E-state index is 16.6. The number of aryl methyl sites for hydroxylation is 2. The number of unbranched alkanes of at least 4 members (excludes halogenated alkanes) is 1. The van der Waals surface area contributed by atoms with Crippen LogP contribution in [-0.4, -0.2) is 73.7 Å². The van der Waals surface area contributed by atoms with Crippen molar-refractivity contribution in [3.8, 4) is 56.6 Å². The average molecular weight is 1590 g/mol. The van der Waals surface area contributed by atoms with E-state index in [1.54, 1.807) is 0 Å². The van der Waals surface area contributed by atoms with Crippen molar-refractivity contribution >= 4 is 101 Å². The molecule has 14 aromatic rings. The Labute approximate surface area is 680 Å². The van der Waals surface area contributed by atoms with E-state index in [-0.39, 0.29) is 35.5 Å². The van der Waals surface area contributed by atoms with E-state index in [0.29, 0.717) is 69.1 Å². The molecule has 6 nitrogen and oxygen atoms in total. The first kappa shape index (κ1) is 81.0. The average Bonchev–Trinajstić information content (AvgIpc) is 1.56. The predicted molar refractivity (Wildman–Crippen MR) is 491 cm³/mol. The third-order valence-electron chi connectivity index (χ3n) is 24.0. The number of hydrogen-bond donors (Lipinski definition) is 2. The number of halogens is 2. The number of phenols is 2. The molecule has 0 aliphatic heterocycles. The van der Waals surface area contributed by atoms with Crippen molar-refractivity contribution < 1.29 is 28.5 Å². The topological polar surface area (TPSA) is 68.8 Å². The zero-order valence-corrected chi connectivity index (χ0v) is 74.1. The lowest BCUT2D eigenvalue weighted by Crippen LogP contribution is -2.52. The van der Waals surface area contributed by atoms with Crippen LogP contribution in [-0.2, 0) is 10.8 Å². The molecule has 12 aromatic carbocycles. The Morgan fingerprint density at radius 2 is 0.667 bits per heavy atom. The number of benzene rings is 12. The number of nitrogens with zero attached hydrogens (tertiary/aromatic N) is 2. The second kappa shape index (κ2) is 30.6. The quantitative estimate of drug-likeness (QED) is 0.0495. The molecule has 2 N–H and O–H groups in total. The smallest absolute Gasteiger partial charge is 0.147 e. The van der Waals surface area contributed by atoms with Gasteiger partial charge >= 0.3 is 0 Å². The first-order chi connectivity index (χ1) is 53.7. The Morgan fingerprint density at radius 3 is 1.00 bits per heavy atom. The summed E-state index contributed by atoms with van der Waals surface area (Å²) in [6.07, 6.45) is 12.1. The van der Waals surface area contributed by atoms with Gasteiger partial charge in [-0.15, -0.1) is 0 Å². The number of phenolic OH excluding ortho intramolecular Hbond substituents is 2. The van der Waals surface area contributed by atoms with Crippen LogP contribution in [0.3, 0.4) is 0 Å². The highest BCUT2D eigenvalue weighted by atomic mass is 32.3. The lowest BCUT2D eigenvalue weighted by atomic mass is 9.71. The Morgan fingerprint density at radius 1 is 0.351 bits per heavy atom. The van der Waals surface area contributed by atoms with E-state index in [9.17, 15) is 10.2 Å². The molecule has 0 radical (unpaired) electrons. The lowest BCUT2D eigenvalue weighted by Gasteiger charge is -2.34. The van der Waals surface area contributed by atoms with Gasteiger partial charge in [0, 0.05) is 43.8 Å². The van der Waals surface area contributed by atoms with Gasteiger partial charge in [0.1, 0.15) is 50.8 Å². The molecule has 0 unspecified atom stereocenters. The number of fused-ring (bicyclic) bond motifs is 6. The first-order valence-corrected chi connectivity index (χ1v) is 51.1. The molecule has 0 saturated carbocycles. The molecule has 2 heterocycles. The fourth-order valence-corrected chi connectivity index (χ4v) is 26.7. The highest BCUT2D eigenvalue weighted by molar-refractivity contribution is 8.33.